The van der Waals surface area contributed by atoms with Gasteiger partial charge in [0.25, 0.3) is 0 Å². The summed E-state index contributed by atoms with van der Waals surface area (Å²) < 4.78 is 9.88. The Morgan fingerprint density at radius 2 is 2.06 bits per heavy atom. The Morgan fingerprint density at radius 3 is 2.61 bits per heavy atom. The van der Waals surface area contributed by atoms with Crippen LogP contribution in [0.3, 0.4) is 0 Å². The van der Waals surface area contributed by atoms with Crippen molar-refractivity contribution in [1.29, 1.82) is 0 Å². The highest BCUT2D eigenvalue weighted by molar-refractivity contribution is 5.71. The third-order valence-corrected chi connectivity index (χ3v) is 2.78. The number of rotatable bonds is 6. The van der Waals surface area contributed by atoms with Crippen LogP contribution in [0.1, 0.15) is 30.9 Å². The van der Waals surface area contributed by atoms with Gasteiger partial charge in [-0.1, -0.05) is 26.0 Å². The van der Waals surface area contributed by atoms with Gasteiger partial charge < -0.3 is 14.8 Å². The predicted molar refractivity (Wildman–Crippen MR) is 70.8 cm³/mol. The van der Waals surface area contributed by atoms with E-state index in [9.17, 15) is 4.79 Å². The molecule has 4 heteroatoms. The molecule has 0 aliphatic carbocycles. The number of nitrogens with one attached hydrogen (secondary N) is 1. The maximum atomic E-state index is 11.0. The molecule has 0 atom stereocenters. The molecule has 0 aromatic heterocycles. The summed E-state index contributed by atoms with van der Waals surface area (Å²) in [5.74, 6) is 1.03. The lowest BCUT2D eigenvalue weighted by Gasteiger charge is -2.13. The first-order valence-electron chi connectivity index (χ1n) is 6.02. The van der Waals surface area contributed by atoms with E-state index in [1.54, 1.807) is 7.11 Å². The summed E-state index contributed by atoms with van der Waals surface area (Å²) in [4.78, 5) is 11.0. The molecule has 0 fully saturated rings. The van der Waals surface area contributed by atoms with Crippen LogP contribution in [0.5, 0.6) is 5.75 Å². The van der Waals surface area contributed by atoms with Crippen LogP contribution < -0.4 is 10.1 Å². The molecule has 0 aliphatic heterocycles. The average molecular weight is 251 g/mol. The minimum Gasteiger partial charge on any atom is -0.496 e. The molecular formula is C14H21NO3. The molecular weight excluding hydrogens is 230 g/mol. The van der Waals surface area contributed by atoms with Crippen molar-refractivity contribution in [3.63, 3.8) is 0 Å². The van der Waals surface area contributed by atoms with Crippen LogP contribution in [0.15, 0.2) is 18.2 Å². The molecule has 1 aromatic rings. The molecule has 0 saturated heterocycles. The molecule has 0 unspecified atom stereocenters. The van der Waals surface area contributed by atoms with E-state index in [0.29, 0.717) is 12.5 Å². The van der Waals surface area contributed by atoms with Gasteiger partial charge in [0.05, 0.1) is 20.8 Å². The molecule has 1 rings (SSSR count). The second-order valence-corrected chi connectivity index (χ2v) is 4.41. The number of methoxy groups -OCH3 is 2. The number of esters is 1. The quantitative estimate of drug-likeness (QED) is 0.786. The van der Waals surface area contributed by atoms with Crippen molar-refractivity contribution in [3.8, 4) is 5.75 Å². The molecule has 0 saturated carbocycles. The van der Waals surface area contributed by atoms with Crippen molar-refractivity contribution in [3.05, 3.63) is 29.3 Å². The van der Waals surface area contributed by atoms with Gasteiger partial charge in [-0.25, -0.2) is 0 Å². The van der Waals surface area contributed by atoms with Crippen LogP contribution in [0.25, 0.3) is 0 Å². The normalized spacial score (nSPS) is 10.5. The lowest BCUT2D eigenvalue weighted by molar-refractivity contribution is -0.139. The van der Waals surface area contributed by atoms with Gasteiger partial charge in [-0.15, -0.1) is 0 Å². The van der Waals surface area contributed by atoms with Crippen molar-refractivity contribution in [2.24, 2.45) is 0 Å². The fourth-order valence-corrected chi connectivity index (χ4v) is 1.67. The molecule has 0 radical (unpaired) electrons. The third kappa shape index (κ3) is 4.04. The van der Waals surface area contributed by atoms with Crippen LogP contribution in [-0.4, -0.2) is 26.7 Å². The molecule has 1 aromatic carbocycles. The van der Waals surface area contributed by atoms with Crippen LogP contribution in [0.4, 0.5) is 0 Å². The monoisotopic (exact) mass is 251 g/mol. The summed E-state index contributed by atoms with van der Waals surface area (Å²) in [5, 5.41) is 3.04. The lowest BCUT2D eigenvalue weighted by atomic mass is 10.0. The number of carbonyl (C=O) groups excluding carboxylic acids is 1. The largest absolute Gasteiger partial charge is 0.496 e. The maximum Gasteiger partial charge on any atom is 0.319 e. The maximum absolute atomic E-state index is 11.0. The van der Waals surface area contributed by atoms with E-state index >= 15 is 0 Å². The molecule has 100 valence electrons. The van der Waals surface area contributed by atoms with Gasteiger partial charge in [0.1, 0.15) is 5.75 Å². The van der Waals surface area contributed by atoms with Gasteiger partial charge >= 0.3 is 5.97 Å². The van der Waals surface area contributed by atoms with Crippen molar-refractivity contribution < 1.29 is 14.3 Å². The molecule has 1 N–H and O–H groups in total. The van der Waals surface area contributed by atoms with E-state index < -0.39 is 0 Å². The predicted octanol–water partition coefficient (Wildman–Crippen LogP) is 2.08. The number of ether oxygens (including phenoxy) is 2. The van der Waals surface area contributed by atoms with Crippen molar-refractivity contribution >= 4 is 5.97 Å². The van der Waals surface area contributed by atoms with Gasteiger partial charge in [-0.05, 0) is 17.5 Å². The zero-order chi connectivity index (χ0) is 13.5. The van der Waals surface area contributed by atoms with Gasteiger partial charge in [0, 0.05) is 12.1 Å². The zero-order valence-electron chi connectivity index (χ0n) is 11.4. The SMILES string of the molecule is COC(=O)CNCc1cc(C(C)C)ccc1OC. The number of hydrogen-bond acceptors (Lipinski definition) is 4. The number of carbonyl (C=O) groups is 1. The van der Waals surface area contributed by atoms with Crippen LogP contribution in [0.2, 0.25) is 0 Å². The molecule has 18 heavy (non-hydrogen) atoms. The molecule has 0 bridgehead atoms. The van der Waals surface area contributed by atoms with Gasteiger partial charge in [-0.3, -0.25) is 4.79 Å². The molecule has 0 aliphatic rings. The summed E-state index contributed by atoms with van der Waals surface area (Å²) in [5.41, 5.74) is 2.30. The second kappa shape index (κ2) is 7.01. The Balaban J connectivity index is 2.72. The van der Waals surface area contributed by atoms with Crippen LogP contribution in [0, 0.1) is 0 Å². The van der Waals surface area contributed by atoms with E-state index in [2.05, 4.69) is 36.0 Å². The molecule has 4 nitrogen and oxygen atoms in total. The first-order valence-corrected chi connectivity index (χ1v) is 6.02. The minimum absolute atomic E-state index is 0.200. The van der Waals surface area contributed by atoms with E-state index in [1.165, 1.54) is 12.7 Å². The Morgan fingerprint density at radius 1 is 1.33 bits per heavy atom. The average Bonchev–Trinajstić information content (AvgIpc) is 2.38. The van der Waals surface area contributed by atoms with Crippen molar-refractivity contribution in [1.82, 2.24) is 5.32 Å². The first-order chi connectivity index (χ1) is 8.58. The first kappa shape index (κ1) is 14.5. The van der Waals surface area contributed by atoms with E-state index in [4.69, 9.17) is 4.74 Å². The van der Waals surface area contributed by atoms with Crippen molar-refractivity contribution in [2.45, 2.75) is 26.3 Å². The van der Waals surface area contributed by atoms with Gasteiger partial charge in [-0.2, -0.15) is 0 Å². The highest BCUT2D eigenvalue weighted by atomic mass is 16.5. The van der Waals surface area contributed by atoms with Gasteiger partial charge in [0.2, 0.25) is 0 Å². The number of benzene rings is 1. The fraction of sp³-hybridized carbons (Fsp3) is 0.500. The highest BCUT2D eigenvalue weighted by Crippen LogP contribution is 2.23. The highest BCUT2D eigenvalue weighted by Gasteiger charge is 2.07. The Bertz CT molecular complexity index is 402. The van der Waals surface area contributed by atoms with Crippen LogP contribution in [-0.2, 0) is 16.1 Å². The smallest absolute Gasteiger partial charge is 0.319 e. The summed E-state index contributed by atoms with van der Waals surface area (Å²) in [7, 11) is 3.03. The molecule has 0 spiro atoms. The fourth-order valence-electron chi connectivity index (χ4n) is 1.67. The Hall–Kier alpha value is -1.55. The molecule has 0 heterocycles. The second-order valence-electron chi connectivity index (χ2n) is 4.41. The lowest BCUT2D eigenvalue weighted by Crippen LogP contribution is -2.23. The van der Waals surface area contributed by atoms with E-state index in [0.717, 1.165) is 11.3 Å². The standard InChI is InChI=1S/C14H21NO3/c1-10(2)11-5-6-13(17-3)12(7-11)8-15-9-14(16)18-4/h5-7,10,15H,8-9H2,1-4H3. The van der Waals surface area contributed by atoms with Gasteiger partial charge in [0.15, 0.2) is 0 Å². The summed E-state index contributed by atoms with van der Waals surface area (Å²) in [6.45, 7) is 5.07. The summed E-state index contributed by atoms with van der Waals surface area (Å²) >= 11 is 0. The Labute approximate surface area is 108 Å². The van der Waals surface area contributed by atoms with E-state index in [-0.39, 0.29) is 12.5 Å². The molecule has 0 amide bonds. The van der Waals surface area contributed by atoms with Crippen LogP contribution >= 0.6 is 0 Å². The Kier molecular flexibility index (Phi) is 5.65. The topological polar surface area (TPSA) is 47.6 Å². The van der Waals surface area contributed by atoms with Crippen molar-refractivity contribution in [2.75, 3.05) is 20.8 Å². The van der Waals surface area contributed by atoms with E-state index in [1.807, 2.05) is 6.07 Å². The number of hydrogen-bond donors (Lipinski definition) is 1. The summed E-state index contributed by atoms with van der Waals surface area (Å²) in [6.07, 6.45) is 0. The zero-order valence-corrected chi connectivity index (χ0v) is 11.4. The third-order valence-electron chi connectivity index (χ3n) is 2.78. The summed E-state index contributed by atoms with van der Waals surface area (Å²) in [6, 6.07) is 6.13. The minimum atomic E-state index is -0.269.